The largest absolute Gasteiger partial charge is 0.338 e. The quantitative estimate of drug-likeness (QED) is 0.847. The third kappa shape index (κ3) is 4.18. The summed E-state index contributed by atoms with van der Waals surface area (Å²) in [6.45, 7) is 8.54. The van der Waals surface area contributed by atoms with Gasteiger partial charge in [-0.3, -0.25) is 0 Å². The average Bonchev–Trinajstić information content (AvgIpc) is 2.44. The van der Waals surface area contributed by atoms with Crippen molar-refractivity contribution in [1.82, 2.24) is 15.6 Å². The number of nitrogens with zero attached hydrogens (tertiary/aromatic N) is 1. The molecule has 5 heteroatoms. The number of rotatable bonds is 4. The van der Waals surface area contributed by atoms with Gasteiger partial charge >= 0.3 is 6.03 Å². The fourth-order valence-corrected chi connectivity index (χ4v) is 2.34. The molecule has 0 aromatic carbocycles. The second kappa shape index (κ2) is 5.84. The van der Waals surface area contributed by atoms with Crippen LogP contribution in [0, 0.1) is 13.8 Å². The molecule has 1 aromatic heterocycles. The Labute approximate surface area is 100 Å². The van der Waals surface area contributed by atoms with Crippen molar-refractivity contribution in [2.45, 2.75) is 40.2 Å². The smallest absolute Gasteiger partial charge is 0.314 e. The number of aryl methyl sites for hydroxylation is 2. The molecule has 0 saturated heterocycles. The zero-order valence-electron chi connectivity index (χ0n) is 10.3. The number of carbonyl (C=O) groups excluding carboxylic acids is 1. The van der Waals surface area contributed by atoms with Gasteiger partial charge in [0, 0.05) is 23.9 Å². The first kappa shape index (κ1) is 13.0. The normalized spacial score (nSPS) is 10.6. The molecule has 0 radical (unpaired) electrons. The second-order valence-electron chi connectivity index (χ2n) is 4.05. The molecule has 0 atom stereocenters. The maximum Gasteiger partial charge on any atom is 0.314 e. The zero-order chi connectivity index (χ0) is 12.1. The van der Waals surface area contributed by atoms with E-state index in [4.69, 9.17) is 0 Å². The lowest BCUT2D eigenvalue weighted by atomic mass is 10.3. The summed E-state index contributed by atoms with van der Waals surface area (Å²) in [5, 5.41) is 6.70. The summed E-state index contributed by atoms with van der Waals surface area (Å²) in [7, 11) is 0. The molecule has 4 nitrogen and oxygen atoms in total. The van der Waals surface area contributed by atoms with Crippen LogP contribution in [-0.4, -0.2) is 23.6 Å². The van der Waals surface area contributed by atoms with E-state index >= 15 is 0 Å². The minimum absolute atomic E-state index is 0.103. The number of aromatic nitrogens is 1. The van der Waals surface area contributed by atoms with Crippen molar-refractivity contribution in [2.24, 2.45) is 0 Å². The van der Waals surface area contributed by atoms with Crippen molar-refractivity contribution in [3.05, 3.63) is 15.6 Å². The van der Waals surface area contributed by atoms with E-state index in [9.17, 15) is 4.79 Å². The van der Waals surface area contributed by atoms with Gasteiger partial charge in [-0.05, 0) is 27.7 Å². The third-order valence-electron chi connectivity index (χ3n) is 2.06. The minimum atomic E-state index is -0.103. The summed E-state index contributed by atoms with van der Waals surface area (Å²) in [5.41, 5.74) is 1.08. The van der Waals surface area contributed by atoms with E-state index in [0.717, 1.165) is 17.1 Å². The van der Waals surface area contributed by atoms with Gasteiger partial charge in [0.1, 0.15) is 0 Å². The highest BCUT2D eigenvalue weighted by atomic mass is 32.1. The van der Waals surface area contributed by atoms with Crippen LogP contribution in [0.2, 0.25) is 0 Å². The highest BCUT2D eigenvalue weighted by Crippen LogP contribution is 2.16. The number of amides is 2. The molecule has 0 aliphatic carbocycles. The monoisotopic (exact) mass is 241 g/mol. The molecule has 0 bridgehead atoms. The predicted molar refractivity (Wildman–Crippen MR) is 67.0 cm³/mol. The van der Waals surface area contributed by atoms with Crippen molar-refractivity contribution < 1.29 is 4.79 Å². The summed E-state index contributed by atoms with van der Waals surface area (Å²) in [4.78, 5) is 16.9. The minimum Gasteiger partial charge on any atom is -0.338 e. The molecule has 0 aliphatic heterocycles. The molecular formula is C11H19N3OS. The summed E-state index contributed by atoms with van der Waals surface area (Å²) in [5.74, 6) is 0. The van der Waals surface area contributed by atoms with Crippen LogP contribution in [0.5, 0.6) is 0 Å². The number of urea groups is 1. The van der Waals surface area contributed by atoms with Crippen molar-refractivity contribution >= 4 is 17.4 Å². The number of hydrogen-bond acceptors (Lipinski definition) is 3. The molecule has 2 N–H and O–H groups in total. The first-order valence-electron chi connectivity index (χ1n) is 5.46. The molecule has 1 heterocycles. The van der Waals surface area contributed by atoms with Crippen LogP contribution in [0.3, 0.4) is 0 Å². The Kier molecular flexibility index (Phi) is 4.73. The summed E-state index contributed by atoms with van der Waals surface area (Å²) in [6.07, 6.45) is 0.850. The second-order valence-corrected chi connectivity index (χ2v) is 5.33. The van der Waals surface area contributed by atoms with E-state index in [1.165, 1.54) is 4.88 Å². The first-order chi connectivity index (χ1) is 7.49. The topological polar surface area (TPSA) is 54.0 Å². The van der Waals surface area contributed by atoms with Crippen LogP contribution < -0.4 is 10.6 Å². The lowest BCUT2D eigenvalue weighted by Crippen LogP contribution is -2.40. The van der Waals surface area contributed by atoms with E-state index in [1.807, 2.05) is 27.7 Å². The Morgan fingerprint density at radius 3 is 2.62 bits per heavy atom. The van der Waals surface area contributed by atoms with Gasteiger partial charge in [-0.15, -0.1) is 11.3 Å². The molecule has 1 aromatic rings. The average molecular weight is 241 g/mol. The van der Waals surface area contributed by atoms with E-state index in [1.54, 1.807) is 11.3 Å². The molecule has 0 unspecified atom stereocenters. The number of carbonyl (C=O) groups is 1. The van der Waals surface area contributed by atoms with E-state index < -0.39 is 0 Å². The Balaban J connectivity index is 2.30. The maximum atomic E-state index is 11.3. The molecule has 16 heavy (non-hydrogen) atoms. The molecular weight excluding hydrogens is 222 g/mol. The van der Waals surface area contributed by atoms with Gasteiger partial charge in [0.2, 0.25) is 0 Å². The maximum absolute atomic E-state index is 11.3. The van der Waals surface area contributed by atoms with E-state index in [-0.39, 0.29) is 12.1 Å². The van der Waals surface area contributed by atoms with Crippen LogP contribution >= 0.6 is 11.3 Å². The van der Waals surface area contributed by atoms with Crippen molar-refractivity contribution in [2.75, 3.05) is 6.54 Å². The Bertz CT molecular complexity index is 360. The third-order valence-corrected chi connectivity index (χ3v) is 3.19. The van der Waals surface area contributed by atoms with Gasteiger partial charge in [0.15, 0.2) is 0 Å². The summed E-state index contributed by atoms with van der Waals surface area (Å²) >= 11 is 1.70. The van der Waals surface area contributed by atoms with E-state index in [0.29, 0.717) is 6.54 Å². The standard InChI is InChI=1S/C11H19N3OS/c1-7(2)13-11(15)12-6-5-10-8(3)14-9(4)16-10/h7H,5-6H2,1-4H3,(H2,12,13,15). The van der Waals surface area contributed by atoms with Gasteiger partial charge in [-0.2, -0.15) is 0 Å². The molecule has 90 valence electrons. The molecule has 0 aliphatic rings. The number of hydrogen-bond donors (Lipinski definition) is 2. The predicted octanol–water partition coefficient (Wildman–Crippen LogP) is 2.01. The number of thiazole rings is 1. The fourth-order valence-electron chi connectivity index (χ4n) is 1.41. The van der Waals surface area contributed by atoms with Crippen LogP contribution in [0.25, 0.3) is 0 Å². The molecule has 0 fully saturated rings. The Morgan fingerprint density at radius 2 is 2.12 bits per heavy atom. The first-order valence-corrected chi connectivity index (χ1v) is 6.28. The highest BCUT2D eigenvalue weighted by Gasteiger charge is 2.06. The highest BCUT2D eigenvalue weighted by molar-refractivity contribution is 7.11. The Hall–Kier alpha value is -1.10. The number of nitrogens with one attached hydrogen (secondary N) is 2. The lowest BCUT2D eigenvalue weighted by Gasteiger charge is -2.09. The van der Waals surface area contributed by atoms with Crippen LogP contribution in [0.1, 0.15) is 29.4 Å². The molecule has 0 saturated carbocycles. The fraction of sp³-hybridized carbons (Fsp3) is 0.636. The van der Waals surface area contributed by atoms with Gasteiger partial charge < -0.3 is 10.6 Å². The summed E-state index contributed by atoms with van der Waals surface area (Å²) < 4.78 is 0. The molecule has 1 rings (SSSR count). The van der Waals surface area contributed by atoms with Gasteiger partial charge in [0.05, 0.1) is 10.7 Å². The van der Waals surface area contributed by atoms with Crippen LogP contribution in [0.4, 0.5) is 4.79 Å². The Morgan fingerprint density at radius 1 is 1.44 bits per heavy atom. The van der Waals surface area contributed by atoms with Crippen molar-refractivity contribution in [3.63, 3.8) is 0 Å². The van der Waals surface area contributed by atoms with Crippen LogP contribution in [-0.2, 0) is 6.42 Å². The van der Waals surface area contributed by atoms with Crippen molar-refractivity contribution in [3.8, 4) is 0 Å². The SMILES string of the molecule is Cc1nc(C)c(CCNC(=O)NC(C)C)s1. The van der Waals surface area contributed by atoms with Gasteiger partial charge in [-0.1, -0.05) is 0 Å². The molecule has 0 spiro atoms. The van der Waals surface area contributed by atoms with Crippen molar-refractivity contribution in [1.29, 1.82) is 0 Å². The zero-order valence-corrected chi connectivity index (χ0v) is 11.1. The molecule has 2 amide bonds. The van der Waals surface area contributed by atoms with E-state index in [2.05, 4.69) is 15.6 Å². The van der Waals surface area contributed by atoms with Crippen LogP contribution in [0.15, 0.2) is 0 Å². The lowest BCUT2D eigenvalue weighted by molar-refractivity contribution is 0.238. The van der Waals surface area contributed by atoms with Gasteiger partial charge in [-0.25, -0.2) is 9.78 Å². The van der Waals surface area contributed by atoms with Gasteiger partial charge in [0.25, 0.3) is 0 Å². The summed E-state index contributed by atoms with van der Waals surface area (Å²) in [6, 6.07) is 0.0706.